The average Bonchev–Trinajstić information content (AvgIpc) is 2.46. The number of hydrogen-bond donors (Lipinski definition) is 1. The van der Waals surface area contributed by atoms with Gasteiger partial charge in [0.05, 0.1) is 5.69 Å². The van der Waals surface area contributed by atoms with Crippen molar-refractivity contribution in [1.82, 2.24) is 0 Å². The lowest BCUT2D eigenvalue weighted by molar-refractivity contribution is -0.140. The summed E-state index contributed by atoms with van der Waals surface area (Å²) in [5.41, 5.74) is 0.791. The molecule has 0 spiro atoms. The van der Waals surface area contributed by atoms with Crippen molar-refractivity contribution in [3.8, 4) is 5.75 Å². The lowest BCUT2D eigenvalue weighted by Gasteiger charge is -2.32. The van der Waals surface area contributed by atoms with Crippen molar-refractivity contribution in [3.05, 3.63) is 23.8 Å². The number of benzene rings is 1. The highest BCUT2D eigenvalue weighted by Gasteiger charge is 2.33. The summed E-state index contributed by atoms with van der Waals surface area (Å²) in [6.07, 6.45) is 1.13. The van der Waals surface area contributed by atoms with E-state index in [1.54, 1.807) is 12.1 Å². The van der Waals surface area contributed by atoms with E-state index in [2.05, 4.69) is 0 Å². The number of amides is 1. The molecule has 0 fully saturated rings. The van der Waals surface area contributed by atoms with Crippen LogP contribution in [0.1, 0.15) is 37.0 Å². The lowest BCUT2D eigenvalue weighted by Crippen LogP contribution is -2.48. The Kier molecular flexibility index (Phi) is 4.26. The van der Waals surface area contributed by atoms with Crippen LogP contribution in [0.4, 0.5) is 5.69 Å². The summed E-state index contributed by atoms with van der Waals surface area (Å²) in [4.78, 5) is 36.3. The second-order valence-corrected chi connectivity index (χ2v) is 4.92. The average molecular weight is 291 g/mol. The predicted octanol–water partition coefficient (Wildman–Crippen LogP) is 1.87. The molecule has 1 aromatic carbocycles. The molecule has 1 unspecified atom stereocenters. The number of ether oxygens (including phenoxy) is 1. The first-order valence-electron chi connectivity index (χ1n) is 6.80. The Bertz CT molecular complexity index is 596. The predicted molar refractivity (Wildman–Crippen MR) is 75.8 cm³/mol. The SMILES string of the molecule is CCCC(=O)c1ccc2c(c1)N(C(C)C(=O)O)C(=O)CO2. The highest BCUT2D eigenvalue weighted by atomic mass is 16.5. The van der Waals surface area contributed by atoms with Gasteiger partial charge in [0.15, 0.2) is 12.4 Å². The van der Waals surface area contributed by atoms with E-state index < -0.39 is 17.9 Å². The van der Waals surface area contributed by atoms with Crippen molar-refractivity contribution < 1.29 is 24.2 Å². The Morgan fingerprint density at radius 3 is 2.76 bits per heavy atom. The number of carboxylic acid groups (broad SMARTS) is 1. The first-order chi connectivity index (χ1) is 9.95. The standard InChI is InChI=1S/C15H17NO5/c1-3-4-12(17)10-5-6-13-11(7-10)16(9(2)15(19)20)14(18)8-21-13/h5-7,9H,3-4,8H2,1-2H3,(H,19,20). The molecule has 1 heterocycles. The molecule has 2 rings (SSSR count). The molecule has 21 heavy (non-hydrogen) atoms. The van der Waals surface area contributed by atoms with Crippen molar-refractivity contribution in [1.29, 1.82) is 0 Å². The molecule has 0 bridgehead atoms. The fourth-order valence-electron chi connectivity index (χ4n) is 2.25. The molecule has 6 nitrogen and oxygen atoms in total. The zero-order chi connectivity index (χ0) is 15.6. The van der Waals surface area contributed by atoms with E-state index in [0.29, 0.717) is 23.4 Å². The van der Waals surface area contributed by atoms with Gasteiger partial charge in [-0.3, -0.25) is 14.5 Å². The Balaban J connectivity index is 2.45. The van der Waals surface area contributed by atoms with Gasteiger partial charge in [0.2, 0.25) is 0 Å². The van der Waals surface area contributed by atoms with Crippen molar-refractivity contribution >= 4 is 23.3 Å². The van der Waals surface area contributed by atoms with Gasteiger partial charge in [0.25, 0.3) is 5.91 Å². The number of carbonyl (C=O) groups is 3. The number of hydrogen-bond acceptors (Lipinski definition) is 4. The first-order valence-corrected chi connectivity index (χ1v) is 6.80. The Morgan fingerprint density at radius 2 is 2.14 bits per heavy atom. The molecule has 1 aliphatic heterocycles. The number of anilines is 1. The van der Waals surface area contributed by atoms with Crippen LogP contribution in [0.25, 0.3) is 0 Å². The Hall–Kier alpha value is -2.37. The van der Waals surface area contributed by atoms with Gasteiger partial charge < -0.3 is 9.84 Å². The summed E-state index contributed by atoms with van der Waals surface area (Å²) < 4.78 is 5.30. The zero-order valence-corrected chi connectivity index (χ0v) is 12.0. The van der Waals surface area contributed by atoms with Crippen LogP contribution in [0, 0.1) is 0 Å². The molecule has 1 N–H and O–H groups in total. The third kappa shape index (κ3) is 2.89. The van der Waals surface area contributed by atoms with E-state index in [4.69, 9.17) is 9.84 Å². The normalized spacial score (nSPS) is 15.1. The highest BCUT2D eigenvalue weighted by Crippen LogP contribution is 2.34. The van der Waals surface area contributed by atoms with E-state index in [0.717, 1.165) is 6.42 Å². The number of nitrogens with zero attached hydrogens (tertiary/aromatic N) is 1. The molecule has 1 aromatic rings. The van der Waals surface area contributed by atoms with Gasteiger partial charge in [-0.15, -0.1) is 0 Å². The first kappa shape index (κ1) is 15.0. The molecular weight excluding hydrogens is 274 g/mol. The highest BCUT2D eigenvalue weighted by molar-refractivity contribution is 6.04. The van der Waals surface area contributed by atoms with Crippen LogP contribution >= 0.6 is 0 Å². The maximum Gasteiger partial charge on any atom is 0.326 e. The molecule has 1 aliphatic rings. The van der Waals surface area contributed by atoms with Gasteiger partial charge in [-0.05, 0) is 31.5 Å². The van der Waals surface area contributed by atoms with E-state index in [1.807, 2.05) is 6.92 Å². The molecule has 112 valence electrons. The number of ketones is 1. The second-order valence-electron chi connectivity index (χ2n) is 4.92. The molecule has 0 aliphatic carbocycles. The number of fused-ring (bicyclic) bond motifs is 1. The molecule has 1 atom stereocenters. The topological polar surface area (TPSA) is 83.9 Å². The monoisotopic (exact) mass is 291 g/mol. The van der Waals surface area contributed by atoms with E-state index in [9.17, 15) is 14.4 Å². The van der Waals surface area contributed by atoms with Gasteiger partial charge in [-0.1, -0.05) is 6.92 Å². The maximum absolute atomic E-state index is 12.0. The van der Waals surface area contributed by atoms with Gasteiger partial charge in [0.1, 0.15) is 11.8 Å². The largest absolute Gasteiger partial charge is 0.482 e. The van der Waals surface area contributed by atoms with E-state index in [1.165, 1.54) is 17.9 Å². The number of aliphatic carboxylic acids is 1. The van der Waals surface area contributed by atoms with E-state index >= 15 is 0 Å². The number of Topliss-reactive ketones (excluding diaryl/α,β-unsaturated/α-hetero) is 1. The molecule has 6 heteroatoms. The molecule has 0 saturated heterocycles. The summed E-state index contributed by atoms with van der Waals surface area (Å²) in [5, 5.41) is 9.14. The summed E-state index contributed by atoms with van der Waals surface area (Å²) in [6.45, 7) is 3.13. The van der Waals surface area contributed by atoms with Crippen LogP contribution in [0.3, 0.4) is 0 Å². The number of carbonyl (C=O) groups excluding carboxylic acids is 2. The minimum atomic E-state index is -1.11. The zero-order valence-electron chi connectivity index (χ0n) is 12.0. The minimum Gasteiger partial charge on any atom is -0.482 e. The lowest BCUT2D eigenvalue weighted by atomic mass is 10.0. The van der Waals surface area contributed by atoms with Crippen molar-refractivity contribution in [2.24, 2.45) is 0 Å². The summed E-state index contributed by atoms with van der Waals surface area (Å²) in [5.74, 6) is -1.17. The van der Waals surface area contributed by atoms with Crippen molar-refractivity contribution in [3.63, 3.8) is 0 Å². The second kappa shape index (κ2) is 5.95. The summed E-state index contributed by atoms with van der Waals surface area (Å²) in [6, 6.07) is 3.75. The smallest absolute Gasteiger partial charge is 0.326 e. The molecule has 0 radical (unpaired) electrons. The third-order valence-electron chi connectivity index (χ3n) is 3.38. The van der Waals surface area contributed by atoms with Crippen LogP contribution in [0.15, 0.2) is 18.2 Å². The summed E-state index contributed by atoms with van der Waals surface area (Å²) in [7, 11) is 0. The van der Waals surface area contributed by atoms with Crippen LogP contribution in [0.2, 0.25) is 0 Å². The molecule has 1 amide bonds. The van der Waals surface area contributed by atoms with Gasteiger partial charge in [-0.2, -0.15) is 0 Å². The number of carboxylic acids is 1. The quantitative estimate of drug-likeness (QED) is 0.837. The van der Waals surface area contributed by atoms with Crippen molar-refractivity contribution in [2.45, 2.75) is 32.7 Å². The Labute approximate surface area is 122 Å². The van der Waals surface area contributed by atoms with Crippen LogP contribution in [-0.2, 0) is 9.59 Å². The van der Waals surface area contributed by atoms with Crippen LogP contribution < -0.4 is 9.64 Å². The number of rotatable bonds is 5. The fourth-order valence-corrected chi connectivity index (χ4v) is 2.25. The molecule has 0 aromatic heterocycles. The maximum atomic E-state index is 12.0. The molecule has 0 saturated carbocycles. The van der Waals surface area contributed by atoms with Crippen LogP contribution in [0.5, 0.6) is 5.75 Å². The summed E-state index contributed by atoms with van der Waals surface area (Å²) >= 11 is 0. The van der Waals surface area contributed by atoms with E-state index in [-0.39, 0.29) is 12.4 Å². The molecular formula is C15H17NO5. The van der Waals surface area contributed by atoms with Gasteiger partial charge in [-0.25, -0.2) is 4.79 Å². The Morgan fingerprint density at radius 1 is 1.43 bits per heavy atom. The van der Waals surface area contributed by atoms with Gasteiger partial charge in [0, 0.05) is 12.0 Å². The van der Waals surface area contributed by atoms with Gasteiger partial charge >= 0.3 is 5.97 Å². The minimum absolute atomic E-state index is 0.0405. The third-order valence-corrected chi connectivity index (χ3v) is 3.38. The van der Waals surface area contributed by atoms with Crippen molar-refractivity contribution in [2.75, 3.05) is 11.5 Å². The van der Waals surface area contributed by atoms with Crippen LogP contribution in [-0.4, -0.2) is 35.4 Å². The fraction of sp³-hybridized carbons (Fsp3) is 0.400.